The quantitative estimate of drug-likeness (QED) is 0.805. The largest absolute Gasteiger partial charge is 0.330 e. The smallest absolute Gasteiger partial charge is 0.224 e. The predicted molar refractivity (Wildman–Crippen MR) is 82.5 cm³/mol. The van der Waals surface area contributed by atoms with E-state index in [0.717, 1.165) is 29.9 Å². The van der Waals surface area contributed by atoms with Crippen LogP contribution in [0.25, 0.3) is 0 Å². The van der Waals surface area contributed by atoms with Crippen LogP contribution in [0, 0.1) is 25.7 Å². The topological polar surface area (TPSA) is 72.9 Å². The molecule has 0 aliphatic carbocycles. The Hall–Kier alpha value is -1.36. The maximum atomic E-state index is 12.1. The molecule has 3 N–H and O–H groups in total. The maximum absolute atomic E-state index is 12.1. The van der Waals surface area contributed by atoms with Crippen LogP contribution in [-0.4, -0.2) is 22.2 Å². The number of aromatic nitrogens is 2. The fourth-order valence-electron chi connectivity index (χ4n) is 2.50. The molecule has 5 nitrogen and oxygen atoms in total. The first-order chi connectivity index (χ1) is 9.36. The number of hydrogen-bond acceptors (Lipinski definition) is 3. The summed E-state index contributed by atoms with van der Waals surface area (Å²) < 4.78 is 1.79. The summed E-state index contributed by atoms with van der Waals surface area (Å²) in [7, 11) is 1.88. The van der Waals surface area contributed by atoms with Gasteiger partial charge in [0.25, 0.3) is 0 Å². The Labute approximate surface area is 121 Å². The zero-order valence-corrected chi connectivity index (χ0v) is 13.4. The Morgan fingerprint density at radius 3 is 2.45 bits per heavy atom. The molecule has 1 amide bonds. The monoisotopic (exact) mass is 280 g/mol. The zero-order valence-electron chi connectivity index (χ0n) is 13.4. The highest BCUT2D eigenvalue weighted by Crippen LogP contribution is 2.22. The first-order valence-electron chi connectivity index (χ1n) is 7.36. The Kier molecular flexibility index (Phi) is 6.20. The van der Waals surface area contributed by atoms with E-state index in [0.29, 0.717) is 24.8 Å². The lowest BCUT2D eigenvalue weighted by Gasteiger charge is -2.19. The summed E-state index contributed by atoms with van der Waals surface area (Å²) in [5, 5.41) is 7.28. The summed E-state index contributed by atoms with van der Waals surface area (Å²) in [4.78, 5) is 12.1. The van der Waals surface area contributed by atoms with Gasteiger partial charge in [0.05, 0.1) is 17.1 Å². The van der Waals surface area contributed by atoms with E-state index in [1.165, 1.54) is 0 Å². The van der Waals surface area contributed by atoms with Gasteiger partial charge in [0.2, 0.25) is 5.91 Å². The number of nitrogens with two attached hydrogens (primary N) is 1. The van der Waals surface area contributed by atoms with Gasteiger partial charge >= 0.3 is 0 Å². The first kappa shape index (κ1) is 16.7. The second kappa shape index (κ2) is 7.43. The van der Waals surface area contributed by atoms with Crippen molar-refractivity contribution < 1.29 is 4.79 Å². The van der Waals surface area contributed by atoms with Crippen LogP contribution in [-0.2, 0) is 11.8 Å². The Morgan fingerprint density at radius 2 is 2.00 bits per heavy atom. The lowest BCUT2D eigenvalue weighted by molar-refractivity contribution is -0.116. The van der Waals surface area contributed by atoms with Crippen LogP contribution in [0.3, 0.4) is 0 Å². The Morgan fingerprint density at radius 1 is 1.35 bits per heavy atom. The molecule has 1 heterocycles. The molecule has 0 fully saturated rings. The zero-order chi connectivity index (χ0) is 15.3. The number of nitrogens with zero attached hydrogens (tertiary/aromatic N) is 2. The van der Waals surface area contributed by atoms with Crippen LogP contribution in [0.2, 0.25) is 0 Å². The van der Waals surface area contributed by atoms with Gasteiger partial charge in [0.15, 0.2) is 0 Å². The fourth-order valence-corrected chi connectivity index (χ4v) is 2.50. The Bertz CT molecular complexity index is 451. The van der Waals surface area contributed by atoms with Crippen molar-refractivity contribution in [3.8, 4) is 0 Å². The molecule has 0 aliphatic heterocycles. The maximum Gasteiger partial charge on any atom is 0.224 e. The van der Waals surface area contributed by atoms with E-state index in [2.05, 4.69) is 24.3 Å². The highest BCUT2D eigenvalue weighted by Gasteiger charge is 2.16. The molecule has 20 heavy (non-hydrogen) atoms. The van der Waals surface area contributed by atoms with Crippen molar-refractivity contribution >= 4 is 11.6 Å². The minimum Gasteiger partial charge on any atom is -0.330 e. The van der Waals surface area contributed by atoms with E-state index >= 15 is 0 Å². The summed E-state index contributed by atoms with van der Waals surface area (Å²) in [6, 6.07) is 0. The van der Waals surface area contributed by atoms with Gasteiger partial charge in [-0.3, -0.25) is 9.48 Å². The number of hydrogen-bond donors (Lipinski definition) is 2. The molecule has 1 aromatic rings. The van der Waals surface area contributed by atoms with Crippen molar-refractivity contribution in [1.29, 1.82) is 0 Å². The molecule has 5 heteroatoms. The molecule has 0 saturated heterocycles. The van der Waals surface area contributed by atoms with Gasteiger partial charge in [-0.1, -0.05) is 13.8 Å². The summed E-state index contributed by atoms with van der Waals surface area (Å²) in [5.41, 5.74) is 8.32. The van der Waals surface area contributed by atoms with Crippen LogP contribution in [0.15, 0.2) is 0 Å². The highest BCUT2D eigenvalue weighted by molar-refractivity contribution is 5.91. The van der Waals surface area contributed by atoms with Crippen LogP contribution < -0.4 is 11.1 Å². The van der Waals surface area contributed by atoms with Crippen LogP contribution in [0.1, 0.15) is 44.5 Å². The molecular formula is C15H28N4O. The average Bonchev–Trinajstić information content (AvgIpc) is 2.61. The molecule has 1 aromatic heterocycles. The third kappa shape index (κ3) is 4.34. The standard InChI is InChI=1S/C15H28N4O/c1-10(2)13(8-9-16)6-7-14(20)17-15-11(3)18-19(5)12(15)4/h10,13H,6-9,16H2,1-5H3,(H,17,20). The van der Waals surface area contributed by atoms with E-state index in [9.17, 15) is 4.79 Å². The summed E-state index contributed by atoms with van der Waals surface area (Å²) in [6.07, 6.45) is 2.41. The van der Waals surface area contributed by atoms with Crippen molar-refractivity contribution in [3.05, 3.63) is 11.4 Å². The third-order valence-electron chi connectivity index (χ3n) is 4.00. The highest BCUT2D eigenvalue weighted by atomic mass is 16.1. The first-order valence-corrected chi connectivity index (χ1v) is 7.36. The van der Waals surface area contributed by atoms with Gasteiger partial charge < -0.3 is 11.1 Å². The number of carbonyl (C=O) groups excluding carboxylic acids is 1. The summed E-state index contributed by atoms with van der Waals surface area (Å²) >= 11 is 0. The van der Waals surface area contributed by atoms with E-state index in [4.69, 9.17) is 5.73 Å². The van der Waals surface area contributed by atoms with Gasteiger partial charge in [-0.05, 0) is 45.1 Å². The van der Waals surface area contributed by atoms with Crippen molar-refractivity contribution in [3.63, 3.8) is 0 Å². The van der Waals surface area contributed by atoms with E-state index < -0.39 is 0 Å². The molecule has 1 rings (SSSR count). The molecule has 0 spiro atoms. The molecule has 0 aliphatic rings. The number of anilines is 1. The van der Waals surface area contributed by atoms with E-state index in [-0.39, 0.29) is 5.91 Å². The second-order valence-corrected chi connectivity index (χ2v) is 5.84. The number of nitrogens with one attached hydrogen (secondary N) is 1. The minimum absolute atomic E-state index is 0.0619. The molecule has 1 unspecified atom stereocenters. The van der Waals surface area contributed by atoms with Crippen LogP contribution in [0.5, 0.6) is 0 Å². The van der Waals surface area contributed by atoms with E-state index in [1.807, 2.05) is 20.9 Å². The molecule has 0 aromatic carbocycles. The SMILES string of the molecule is Cc1nn(C)c(C)c1NC(=O)CCC(CCN)C(C)C. The molecule has 114 valence electrons. The Balaban J connectivity index is 2.55. The van der Waals surface area contributed by atoms with Gasteiger partial charge in [0, 0.05) is 13.5 Å². The van der Waals surface area contributed by atoms with Crippen LogP contribution >= 0.6 is 0 Å². The van der Waals surface area contributed by atoms with E-state index in [1.54, 1.807) is 4.68 Å². The molecular weight excluding hydrogens is 252 g/mol. The average molecular weight is 280 g/mol. The summed E-state index contributed by atoms with van der Waals surface area (Å²) in [6.45, 7) is 8.93. The molecule has 0 bridgehead atoms. The number of rotatable bonds is 7. The van der Waals surface area contributed by atoms with Crippen molar-refractivity contribution in [2.75, 3.05) is 11.9 Å². The normalized spacial score (nSPS) is 12.8. The number of aryl methyl sites for hydroxylation is 2. The van der Waals surface area contributed by atoms with Crippen molar-refractivity contribution in [1.82, 2.24) is 9.78 Å². The number of amides is 1. The summed E-state index contributed by atoms with van der Waals surface area (Å²) in [5.74, 6) is 1.14. The minimum atomic E-state index is 0.0619. The molecule has 0 radical (unpaired) electrons. The lowest BCUT2D eigenvalue weighted by Crippen LogP contribution is -2.18. The molecule has 0 saturated carbocycles. The second-order valence-electron chi connectivity index (χ2n) is 5.84. The van der Waals surface area contributed by atoms with Crippen molar-refractivity contribution in [2.24, 2.45) is 24.6 Å². The predicted octanol–water partition coefficient (Wildman–Crippen LogP) is 2.38. The number of carbonyl (C=O) groups is 1. The van der Waals surface area contributed by atoms with Gasteiger partial charge in [0.1, 0.15) is 0 Å². The van der Waals surface area contributed by atoms with Crippen LogP contribution in [0.4, 0.5) is 5.69 Å². The molecule has 1 atom stereocenters. The fraction of sp³-hybridized carbons (Fsp3) is 0.733. The van der Waals surface area contributed by atoms with Gasteiger partial charge in [-0.25, -0.2) is 0 Å². The third-order valence-corrected chi connectivity index (χ3v) is 4.00. The van der Waals surface area contributed by atoms with Gasteiger partial charge in [-0.15, -0.1) is 0 Å². The van der Waals surface area contributed by atoms with Gasteiger partial charge in [-0.2, -0.15) is 5.10 Å². The lowest BCUT2D eigenvalue weighted by atomic mass is 9.88. The van der Waals surface area contributed by atoms with Crippen molar-refractivity contribution in [2.45, 2.75) is 47.0 Å².